The molecule has 0 saturated heterocycles. The molecule has 0 atom stereocenters. The lowest BCUT2D eigenvalue weighted by atomic mass is 10.2. The van der Waals surface area contributed by atoms with Gasteiger partial charge in [0.25, 0.3) is 0 Å². The highest BCUT2D eigenvalue weighted by molar-refractivity contribution is 5.46. The number of nitrogens with zero attached hydrogens (tertiary/aromatic N) is 3. The molecule has 0 aliphatic rings. The van der Waals surface area contributed by atoms with E-state index in [0.29, 0.717) is 11.5 Å². The summed E-state index contributed by atoms with van der Waals surface area (Å²) in [6.07, 6.45) is 3.31. The van der Waals surface area contributed by atoms with Gasteiger partial charge in [-0.05, 0) is 24.6 Å². The zero-order valence-electron chi connectivity index (χ0n) is 10.6. The number of aromatic nitrogens is 3. The van der Waals surface area contributed by atoms with Crippen molar-refractivity contribution in [2.45, 2.75) is 6.92 Å². The van der Waals surface area contributed by atoms with Gasteiger partial charge < -0.3 is 9.47 Å². The molecule has 1 radical (unpaired) electrons. The molecule has 0 unspecified atom stereocenters. The van der Waals surface area contributed by atoms with Crippen LogP contribution in [0.15, 0.2) is 36.8 Å². The van der Waals surface area contributed by atoms with Crippen LogP contribution in [-0.2, 0) is 0 Å². The summed E-state index contributed by atoms with van der Waals surface area (Å²) in [5.74, 6) is 2.08. The van der Waals surface area contributed by atoms with Crippen molar-refractivity contribution in [1.82, 2.24) is 14.6 Å². The third kappa shape index (κ3) is 2.22. The summed E-state index contributed by atoms with van der Waals surface area (Å²) in [5, 5.41) is 4.04. The van der Waals surface area contributed by atoms with Crippen LogP contribution in [0, 0.1) is 13.0 Å². The standard InChI is InChI=1S/C14H12N3O2/c1-10-3-4-11(18-2)7-13(10)19-12-5-6-17-14(8-12)15-9-16-17/h3,5-9H,1-2H3. The zero-order chi connectivity index (χ0) is 13.2. The molecule has 5 heteroatoms. The van der Waals surface area contributed by atoms with E-state index in [1.165, 1.54) is 6.33 Å². The number of aryl methyl sites for hydroxylation is 1. The Hall–Kier alpha value is -2.56. The maximum atomic E-state index is 5.85. The van der Waals surface area contributed by atoms with Crippen LogP contribution in [0.4, 0.5) is 0 Å². The largest absolute Gasteiger partial charge is 0.496 e. The van der Waals surface area contributed by atoms with Gasteiger partial charge in [0.2, 0.25) is 0 Å². The second kappa shape index (κ2) is 4.61. The molecule has 0 N–H and O–H groups in total. The first-order chi connectivity index (χ1) is 9.26. The molecular weight excluding hydrogens is 242 g/mol. The fourth-order valence-electron chi connectivity index (χ4n) is 1.74. The topological polar surface area (TPSA) is 48.7 Å². The first kappa shape index (κ1) is 11.5. The summed E-state index contributed by atoms with van der Waals surface area (Å²) in [7, 11) is 1.60. The fraction of sp³-hybridized carbons (Fsp3) is 0.143. The van der Waals surface area contributed by atoms with Crippen molar-refractivity contribution in [1.29, 1.82) is 0 Å². The predicted octanol–water partition coefficient (Wildman–Crippen LogP) is 2.64. The molecule has 0 saturated carbocycles. The molecule has 0 aliphatic heterocycles. The first-order valence-corrected chi connectivity index (χ1v) is 5.80. The smallest absolute Gasteiger partial charge is 0.158 e. The van der Waals surface area contributed by atoms with Crippen molar-refractivity contribution in [2.75, 3.05) is 7.11 Å². The Bertz CT molecular complexity index is 722. The van der Waals surface area contributed by atoms with Crippen molar-refractivity contribution in [2.24, 2.45) is 0 Å². The van der Waals surface area contributed by atoms with Crippen LogP contribution in [0.3, 0.4) is 0 Å². The molecule has 0 fully saturated rings. The zero-order valence-corrected chi connectivity index (χ0v) is 10.6. The van der Waals surface area contributed by atoms with Crippen LogP contribution in [0.1, 0.15) is 5.56 Å². The van der Waals surface area contributed by atoms with E-state index in [4.69, 9.17) is 9.47 Å². The number of methoxy groups -OCH3 is 1. The van der Waals surface area contributed by atoms with Crippen LogP contribution >= 0.6 is 0 Å². The van der Waals surface area contributed by atoms with E-state index in [9.17, 15) is 0 Å². The highest BCUT2D eigenvalue weighted by atomic mass is 16.5. The van der Waals surface area contributed by atoms with Crippen LogP contribution in [0.5, 0.6) is 17.2 Å². The van der Waals surface area contributed by atoms with Crippen molar-refractivity contribution in [3.05, 3.63) is 48.4 Å². The lowest BCUT2D eigenvalue weighted by Gasteiger charge is -2.10. The lowest BCUT2D eigenvalue weighted by molar-refractivity contribution is 0.407. The van der Waals surface area contributed by atoms with Gasteiger partial charge in [-0.3, -0.25) is 0 Å². The second-order valence-corrected chi connectivity index (χ2v) is 4.08. The van der Waals surface area contributed by atoms with Crippen LogP contribution in [0.25, 0.3) is 5.65 Å². The Morgan fingerprint density at radius 2 is 2.21 bits per heavy atom. The van der Waals surface area contributed by atoms with Crippen molar-refractivity contribution >= 4 is 5.65 Å². The predicted molar refractivity (Wildman–Crippen MR) is 69.6 cm³/mol. The molecule has 95 valence electrons. The van der Waals surface area contributed by atoms with Crippen molar-refractivity contribution < 1.29 is 9.47 Å². The summed E-state index contributed by atoms with van der Waals surface area (Å²) >= 11 is 0. The van der Waals surface area contributed by atoms with Gasteiger partial charge in [-0.15, -0.1) is 0 Å². The molecule has 1 aromatic carbocycles. The summed E-state index contributed by atoms with van der Waals surface area (Å²) in [5.41, 5.74) is 1.73. The van der Waals surface area contributed by atoms with E-state index in [-0.39, 0.29) is 0 Å². The number of benzene rings is 1. The van der Waals surface area contributed by atoms with Crippen molar-refractivity contribution in [3.63, 3.8) is 0 Å². The van der Waals surface area contributed by atoms with Crippen LogP contribution in [-0.4, -0.2) is 21.7 Å². The van der Waals surface area contributed by atoms with Crippen LogP contribution < -0.4 is 9.47 Å². The number of hydrogen-bond acceptors (Lipinski definition) is 4. The van der Waals surface area contributed by atoms with E-state index in [1.54, 1.807) is 17.8 Å². The molecule has 0 spiro atoms. The molecule has 0 aliphatic carbocycles. The number of rotatable bonds is 3. The monoisotopic (exact) mass is 254 g/mol. The number of fused-ring (bicyclic) bond motifs is 1. The van der Waals surface area contributed by atoms with Gasteiger partial charge in [-0.1, -0.05) is 0 Å². The van der Waals surface area contributed by atoms with Gasteiger partial charge in [-0.25, -0.2) is 9.50 Å². The van der Waals surface area contributed by atoms with Gasteiger partial charge in [0, 0.05) is 24.4 Å². The van der Waals surface area contributed by atoms with Gasteiger partial charge in [0.15, 0.2) is 5.65 Å². The summed E-state index contributed by atoms with van der Waals surface area (Å²) in [6.45, 7) is 1.96. The molecular formula is C14H12N3O2. The Kier molecular flexibility index (Phi) is 2.79. The molecule has 5 nitrogen and oxygen atoms in total. The maximum absolute atomic E-state index is 5.85. The van der Waals surface area contributed by atoms with E-state index < -0.39 is 0 Å². The number of hydrogen-bond donors (Lipinski definition) is 0. The lowest BCUT2D eigenvalue weighted by Crippen LogP contribution is -1.92. The van der Waals surface area contributed by atoms with Gasteiger partial charge in [0.05, 0.1) is 7.11 Å². The molecule has 3 aromatic rings. The Morgan fingerprint density at radius 3 is 3.05 bits per heavy atom. The minimum atomic E-state index is 0.643. The normalized spacial score (nSPS) is 10.6. The molecule has 19 heavy (non-hydrogen) atoms. The van der Waals surface area contributed by atoms with E-state index in [2.05, 4.69) is 16.1 Å². The minimum Gasteiger partial charge on any atom is -0.496 e. The molecule has 0 amide bonds. The van der Waals surface area contributed by atoms with E-state index in [1.807, 2.05) is 31.2 Å². The van der Waals surface area contributed by atoms with Crippen LogP contribution in [0.2, 0.25) is 0 Å². The highest BCUT2D eigenvalue weighted by Gasteiger charge is 2.05. The number of pyridine rings is 1. The van der Waals surface area contributed by atoms with Gasteiger partial charge in [-0.2, -0.15) is 5.10 Å². The Morgan fingerprint density at radius 1 is 1.32 bits per heavy atom. The molecule has 2 heterocycles. The SMILES string of the molecule is COc1[c]cc(C)c(Oc2ccn3ncnc3c2)c1. The Labute approximate surface area is 110 Å². The molecule has 2 aromatic heterocycles. The summed E-state index contributed by atoms with van der Waals surface area (Å²) in [6, 6.07) is 10.3. The number of ether oxygens (including phenoxy) is 2. The van der Waals surface area contributed by atoms with Gasteiger partial charge >= 0.3 is 0 Å². The Balaban J connectivity index is 1.95. The average Bonchev–Trinajstić information content (AvgIpc) is 2.89. The minimum absolute atomic E-state index is 0.643. The van der Waals surface area contributed by atoms with E-state index in [0.717, 1.165) is 17.0 Å². The fourth-order valence-corrected chi connectivity index (χ4v) is 1.74. The average molecular weight is 254 g/mol. The summed E-state index contributed by atoms with van der Waals surface area (Å²) < 4.78 is 12.7. The molecule has 0 bridgehead atoms. The van der Waals surface area contributed by atoms with Crippen molar-refractivity contribution in [3.8, 4) is 17.2 Å². The highest BCUT2D eigenvalue weighted by Crippen LogP contribution is 2.28. The first-order valence-electron chi connectivity index (χ1n) is 5.80. The molecule has 3 rings (SSSR count). The van der Waals surface area contributed by atoms with Gasteiger partial charge in [0.1, 0.15) is 23.6 Å². The van der Waals surface area contributed by atoms with E-state index >= 15 is 0 Å². The third-order valence-corrected chi connectivity index (χ3v) is 2.78. The summed E-state index contributed by atoms with van der Waals surface area (Å²) in [4.78, 5) is 4.12. The maximum Gasteiger partial charge on any atom is 0.158 e. The third-order valence-electron chi connectivity index (χ3n) is 2.78. The quantitative estimate of drug-likeness (QED) is 0.721. The second-order valence-electron chi connectivity index (χ2n) is 4.08.